The van der Waals surface area contributed by atoms with E-state index in [9.17, 15) is 14.4 Å². The first-order valence-electron chi connectivity index (χ1n) is 7.84. The Labute approximate surface area is 146 Å². The Bertz CT molecular complexity index is 1120. The van der Waals surface area contributed by atoms with Crippen LogP contribution in [0.3, 0.4) is 0 Å². The molecule has 6 nitrogen and oxygen atoms in total. The van der Waals surface area contributed by atoms with Gasteiger partial charge in [0, 0.05) is 6.07 Å². The van der Waals surface area contributed by atoms with Crippen molar-refractivity contribution >= 4 is 11.0 Å². The number of hydrogen-bond acceptors (Lipinski definition) is 4. The van der Waals surface area contributed by atoms with E-state index in [0.717, 1.165) is 4.73 Å². The molecule has 4 aromatic rings. The zero-order chi connectivity index (χ0) is 18.1. The molecule has 2 aromatic heterocycles. The van der Waals surface area contributed by atoms with Crippen molar-refractivity contribution in [2.45, 2.75) is 6.61 Å². The van der Waals surface area contributed by atoms with Gasteiger partial charge in [-0.2, -0.15) is 4.73 Å². The third kappa shape index (κ3) is 2.69. The first-order valence-corrected chi connectivity index (χ1v) is 7.84. The van der Waals surface area contributed by atoms with Gasteiger partial charge in [0.15, 0.2) is 12.1 Å². The quantitative estimate of drug-likeness (QED) is 0.418. The van der Waals surface area contributed by atoms with Crippen molar-refractivity contribution in [1.82, 2.24) is 4.73 Å². The molecule has 2 aromatic carbocycles. The van der Waals surface area contributed by atoms with Gasteiger partial charge in [0.05, 0.1) is 11.8 Å². The minimum atomic E-state index is -0.642. The summed E-state index contributed by atoms with van der Waals surface area (Å²) in [6.45, 7) is 0.0165. The lowest BCUT2D eigenvalue weighted by Gasteiger charge is -2.13. The molecule has 0 radical (unpaired) electrons. The summed E-state index contributed by atoms with van der Waals surface area (Å²) in [5.74, 6) is 0.0737. The van der Waals surface area contributed by atoms with Crippen molar-refractivity contribution in [3.8, 4) is 11.3 Å². The molecule has 0 atom stereocenters. The van der Waals surface area contributed by atoms with Crippen LogP contribution in [-0.4, -0.2) is 4.73 Å². The number of furan rings is 1. The summed E-state index contributed by atoms with van der Waals surface area (Å²) in [6.07, 6.45) is 1.50. The molecule has 0 bridgehead atoms. The van der Waals surface area contributed by atoms with Gasteiger partial charge < -0.3 is 14.5 Å². The van der Waals surface area contributed by atoms with Crippen molar-refractivity contribution in [3.63, 3.8) is 0 Å². The van der Waals surface area contributed by atoms with E-state index in [0.29, 0.717) is 21.6 Å². The topological polar surface area (TPSA) is 71.3 Å². The first kappa shape index (κ1) is 15.9. The number of benzene rings is 2. The van der Waals surface area contributed by atoms with Gasteiger partial charge in [0.2, 0.25) is 5.52 Å². The molecule has 0 aliphatic carbocycles. The van der Waals surface area contributed by atoms with Crippen LogP contribution in [0.25, 0.3) is 22.3 Å². The smallest absolute Gasteiger partial charge is 0.357 e. The van der Waals surface area contributed by atoms with Gasteiger partial charge in [0.25, 0.3) is 5.69 Å². The van der Waals surface area contributed by atoms with Gasteiger partial charge in [-0.15, -0.1) is 4.73 Å². The van der Waals surface area contributed by atoms with Crippen LogP contribution in [0.5, 0.6) is 0 Å². The normalized spacial score (nSPS) is 11.0. The molecule has 0 N–H and O–H groups in total. The zero-order valence-corrected chi connectivity index (χ0v) is 13.5. The summed E-state index contributed by atoms with van der Waals surface area (Å²) in [5.41, 5.74) is 0.0864. The minimum absolute atomic E-state index is 0.0165. The second-order valence-corrected chi connectivity index (χ2v) is 5.59. The van der Waals surface area contributed by atoms with Gasteiger partial charge >= 0.3 is 5.56 Å². The third-order valence-electron chi connectivity index (χ3n) is 3.94. The maximum Gasteiger partial charge on any atom is 0.357 e. The van der Waals surface area contributed by atoms with E-state index in [-0.39, 0.29) is 17.8 Å². The largest absolute Gasteiger partial charge is 0.618 e. The van der Waals surface area contributed by atoms with Crippen molar-refractivity contribution in [1.29, 1.82) is 0 Å². The summed E-state index contributed by atoms with van der Waals surface area (Å²) < 4.78 is 20.0. The lowest BCUT2D eigenvalue weighted by Crippen LogP contribution is -2.42. The van der Waals surface area contributed by atoms with Gasteiger partial charge in [0.1, 0.15) is 11.6 Å². The van der Waals surface area contributed by atoms with Gasteiger partial charge in [-0.05, 0) is 42.5 Å². The Morgan fingerprint density at radius 3 is 2.58 bits per heavy atom. The lowest BCUT2D eigenvalue weighted by atomic mass is 10.1. The molecule has 26 heavy (non-hydrogen) atoms. The van der Waals surface area contributed by atoms with E-state index < -0.39 is 11.4 Å². The summed E-state index contributed by atoms with van der Waals surface area (Å²) in [7, 11) is 0. The van der Waals surface area contributed by atoms with Crippen LogP contribution in [-0.2, 0) is 6.61 Å². The lowest BCUT2D eigenvalue weighted by molar-refractivity contribution is -0.566. The Balaban J connectivity index is 1.92. The van der Waals surface area contributed by atoms with Gasteiger partial charge in [-0.3, -0.25) is 4.79 Å². The Kier molecular flexibility index (Phi) is 3.89. The summed E-state index contributed by atoms with van der Waals surface area (Å²) >= 11 is 0. The second-order valence-electron chi connectivity index (χ2n) is 5.59. The Morgan fingerprint density at radius 1 is 1.08 bits per heavy atom. The maximum atomic E-state index is 13.2. The number of fused-ring (bicyclic) bond motifs is 1. The van der Waals surface area contributed by atoms with Crippen LogP contribution < -0.4 is 15.1 Å². The van der Waals surface area contributed by atoms with Crippen LogP contribution in [0.4, 0.5) is 4.39 Å². The maximum absolute atomic E-state index is 13.2. The molecule has 0 aliphatic rings. The van der Waals surface area contributed by atoms with Crippen molar-refractivity contribution in [3.05, 3.63) is 94.1 Å². The summed E-state index contributed by atoms with van der Waals surface area (Å²) in [6, 6.07) is 15.2. The van der Waals surface area contributed by atoms with Crippen molar-refractivity contribution in [2.75, 3.05) is 0 Å². The minimum Gasteiger partial charge on any atom is -0.618 e. The fourth-order valence-corrected chi connectivity index (χ4v) is 2.72. The summed E-state index contributed by atoms with van der Waals surface area (Å²) in [4.78, 5) is 18.6. The molecule has 130 valence electrons. The molecule has 2 heterocycles. The fourth-order valence-electron chi connectivity index (χ4n) is 2.72. The molecule has 4 rings (SSSR count). The van der Waals surface area contributed by atoms with Crippen LogP contribution in [0, 0.1) is 11.0 Å². The number of para-hydroxylation sites is 2. The molecular formula is C19H13FN2O4. The van der Waals surface area contributed by atoms with Crippen LogP contribution in [0.15, 0.2) is 76.1 Å². The molecule has 7 heteroatoms. The monoisotopic (exact) mass is 352 g/mol. The number of halogens is 1. The highest BCUT2D eigenvalue weighted by Gasteiger charge is 2.23. The second kappa shape index (κ2) is 6.36. The molecule has 0 aliphatic heterocycles. The molecule has 0 spiro atoms. The van der Waals surface area contributed by atoms with E-state index in [2.05, 4.69) is 0 Å². The fraction of sp³-hybridized carbons (Fsp3) is 0.0526. The first-order chi connectivity index (χ1) is 12.6. The predicted octanol–water partition coefficient (Wildman–Crippen LogP) is 2.66. The average molecular weight is 352 g/mol. The SMILES string of the molecule is O=c1c(-c2ccc(F)cc2)[n+]([O-])c2ccccc2n1OCc1ccco1. The van der Waals surface area contributed by atoms with Crippen LogP contribution in [0.1, 0.15) is 5.76 Å². The highest BCUT2D eigenvalue weighted by atomic mass is 19.1. The molecule has 0 fully saturated rings. The average Bonchev–Trinajstić information content (AvgIpc) is 3.17. The van der Waals surface area contributed by atoms with E-state index in [4.69, 9.17) is 9.25 Å². The van der Waals surface area contributed by atoms with Crippen LogP contribution >= 0.6 is 0 Å². The number of rotatable bonds is 4. The Hall–Kier alpha value is -3.61. The van der Waals surface area contributed by atoms with Gasteiger partial charge in [-0.25, -0.2) is 4.39 Å². The summed E-state index contributed by atoms with van der Waals surface area (Å²) in [5, 5.41) is 12.8. The van der Waals surface area contributed by atoms with E-state index in [1.54, 1.807) is 36.4 Å². The van der Waals surface area contributed by atoms with E-state index in [1.165, 1.54) is 30.5 Å². The number of nitrogens with zero attached hydrogens (tertiary/aromatic N) is 2. The van der Waals surface area contributed by atoms with Crippen molar-refractivity contribution in [2.24, 2.45) is 0 Å². The molecule has 0 saturated heterocycles. The Morgan fingerprint density at radius 2 is 1.85 bits per heavy atom. The molecule has 0 unspecified atom stereocenters. The predicted molar refractivity (Wildman–Crippen MR) is 91.6 cm³/mol. The highest BCUT2D eigenvalue weighted by molar-refractivity contribution is 5.73. The number of hydrogen-bond donors (Lipinski definition) is 0. The highest BCUT2D eigenvalue weighted by Crippen LogP contribution is 2.16. The molecule has 0 saturated carbocycles. The van der Waals surface area contributed by atoms with E-state index >= 15 is 0 Å². The third-order valence-corrected chi connectivity index (χ3v) is 3.94. The van der Waals surface area contributed by atoms with Gasteiger partial charge in [-0.1, -0.05) is 12.1 Å². The van der Waals surface area contributed by atoms with E-state index in [1.807, 2.05) is 0 Å². The molecular weight excluding hydrogens is 339 g/mol. The van der Waals surface area contributed by atoms with Crippen LogP contribution in [0.2, 0.25) is 0 Å². The standard InChI is InChI=1S/C19H13FN2O4/c20-14-9-7-13(8-10-14)18-19(23)22(26-12-15-4-3-11-25-15)17-6-2-1-5-16(17)21(18)24/h1-11H,12H2. The van der Waals surface area contributed by atoms with Crippen molar-refractivity contribution < 1.29 is 18.4 Å². The number of aromatic nitrogens is 2. The molecule has 0 amide bonds. The zero-order valence-electron chi connectivity index (χ0n) is 13.5.